The molecule has 1 aromatic carbocycles. The minimum absolute atomic E-state index is 0.0859. The molecular weight excluding hydrogens is 302 g/mol. The molecule has 0 aliphatic rings. The van der Waals surface area contributed by atoms with Crippen LogP contribution >= 0.6 is 0 Å². The van der Waals surface area contributed by atoms with Crippen molar-refractivity contribution in [2.45, 2.75) is 57.7 Å². The summed E-state index contributed by atoms with van der Waals surface area (Å²) in [6, 6.07) is 6.26. The largest absolute Gasteiger partial charge is 0.481 e. The fourth-order valence-corrected chi connectivity index (χ4v) is 2.97. The number of carbonyl (C=O) groups excluding carboxylic acids is 1. The van der Waals surface area contributed by atoms with E-state index in [2.05, 4.69) is 0 Å². The molecule has 1 aromatic rings. The van der Waals surface area contributed by atoms with E-state index < -0.39 is 15.9 Å². The fourth-order valence-electron chi connectivity index (χ4n) is 2.34. The van der Waals surface area contributed by atoms with Gasteiger partial charge in [-0.15, -0.1) is 0 Å². The molecule has 1 atom stereocenters. The predicted octanol–water partition coefficient (Wildman–Crippen LogP) is 2.50. The van der Waals surface area contributed by atoms with Gasteiger partial charge in [0.05, 0.1) is 4.90 Å². The van der Waals surface area contributed by atoms with Crippen molar-refractivity contribution in [2.75, 3.05) is 6.26 Å². The molecule has 0 aromatic heterocycles. The molecule has 0 saturated heterocycles. The number of benzene rings is 1. The Kier molecular flexibility index (Phi) is 6.00. The van der Waals surface area contributed by atoms with Crippen LogP contribution in [0.1, 0.15) is 34.6 Å². The van der Waals surface area contributed by atoms with E-state index in [9.17, 15) is 13.2 Å². The summed E-state index contributed by atoms with van der Waals surface area (Å²) in [6.45, 7) is 9.55. The highest BCUT2D eigenvalue weighted by atomic mass is 32.2. The molecule has 0 N–H and O–H groups in total. The smallest absolute Gasteiger partial charge is 0.263 e. The van der Waals surface area contributed by atoms with Gasteiger partial charge < -0.3 is 9.64 Å². The van der Waals surface area contributed by atoms with E-state index in [4.69, 9.17) is 4.74 Å². The van der Waals surface area contributed by atoms with Crippen LogP contribution in [0.2, 0.25) is 0 Å². The second-order valence-corrected chi connectivity index (χ2v) is 7.95. The van der Waals surface area contributed by atoms with Crippen LogP contribution < -0.4 is 4.74 Å². The fraction of sp³-hybridized carbons (Fsp3) is 0.562. The van der Waals surface area contributed by atoms with Gasteiger partial charge in [-0.2, -0.15) is 0 Å². The van der Waals surface area contributed by atoms with Gasteiger partial charge in [0, 0.05) is 18.3 Å². The molecule has 0 aliphatic carbocycles. The van der Waals surface area contributed by atoms with E-state index in [-0.39, 0.29) is 22.9 Å². The normalized spacial score (nSPS) is 13.3. The molecular formula is C16H25NO4S. The first-order chi connectivity index (χ1) is 10.0. The van der Waals surface area contributed by atoms with Crippen molar-refractivity contribution >= 4 is 15.7 Å². The van der Waals surface area contributed by atoms with Crippen LogP contribution in [0.3, 0.4) is 0 Å². The first-order valence-corrected chi connectivity index (χ1v) is 9.22. The highest BCUT2D eigenvalue weighted by molar-refractivity contribution is 7.90. The Labute approximate surface area is 133 Å². The minimum Gasteiger partial charge on any atom is -0.481 e. The van der Waals surface area contributed by atoms with Crippen molar-refractivity contribution in [3.63, 3.8) is 0 Å². The number of amides is 1. The van der Waals surface area contributed by atoms with Crippen molar-refractivity contribution in [1.82, 2.24) is 4.90 Å². The van der Waals surface area contributed by atoms with Gasteiger partial charge in [0.25, 0.3) is 5.91 Å². The second kappa shape index (κ2) is 7.13. The third-order valence-electron chi connectivity index (χ3n) is 3.28. The maximum Gasteiger partial charge on any atom is 0.263 e. The maximum absolute atomic E-state index is 12.5. The molecule has 1 rings (SSSR count). The second-order valence-electron chi connectivity index (χ2n) is 5.94. The first kappa shape index (κ1) is 18.5. The average molecular weight is 327 g/mol. The number of carbonyl (C=O) groups is 1. The minimum atomic E-state index is -3.23. The monoisotopic (exact) mass is 327 g/mol. The lowest BCUT2D eigenvalue weighted by Gasteiger charge is -2.33. The van der Waals surface area contributed by atoms with Crippen LogP contribution in [0.15, 0.2) is 29.2 Å². The molecule has 6 heteroatoms. The summed E-state index contributed by atoms with van der Waals surface area (Å²) < 4.78 is 28.5. The third-order valence-corrected chi connectivity index (χ3v) is 4.41. The lowest BCUT2D eigenvalue weighted by Crippen LogP contribution is -2.47. The van der Waals surface area contributed by atoms with Gasteiger partial charge in [0.1, 0.15) is 5.75 Å². The van der Waals surface area contributed by atoms with Crippen LogP contribution in [0, 0.1) is 0 Å². The summed E-state index contributed by atoms with van der Waals surface area (Å²) in [4.78, 5) is 14.5. The Morgan fingerprint density at radius 3 is 1.82 bits per heavy atom. The zero-order valence-corrected chi connectivity index (χ0v) is 14.8. The molecule has 0 aliphatic heterocycles. The summed E-state index contributed by atoms with van der Waals surface area (Å²) in [5.74, 6) is 0.387. The van der Waals surface area contributed by atoms with Crippen LogP contribution in [0.5, 0.6) is 5.75 Å². The Hall–Kier alpha value is -1.56. The molecule has 0 heterocycles. The summed E-state index contributed by atoms with van der Waals surface area (Å²) in [7, 11) is -3.23. The highest BCUT2D eigenvalue weighted by Crippen LogP contribution is 2.18. The summed E-state index contributed by atoms with van der Waals surface area (Å²) in [5.41, 5.74) is 0. The molecule has 0 spiro atoms. The van der Waals surface area contributed by atoms with Gasteiger partial charge in [-0.3, -0.25) is 4.79 Å². The summed E-state index contributed by atoms with van der Waals surface area (Å²) in [6.07, 6.45) is 0.520. The first-order valence-electron chi connectivity index (χ1n) is 7.33. The number of rotatable bonds is 6. The number of sulfone groups is 1. The molecule has 1 unspecified atom stereocenters. The topological polar surface area (TPSA) is 63.7 Å². The van der Waals surface area contributed by atoms with Gasteiger partial charge in [-0.25, -0.2) is 8.42 Å². The Morgan fingerprint density at radius 2 is 1.45 bits per heavy atom. The van der Waals surface area contributed by atoms with Gasteiger partial charge in [0.15, 0.2) is 15.9 Å². The molecule has 0 bridgehead atoms. The van der Waals surface area contributed by atoms with E-state index in [0.29, 0.717) is 5.75 Å². The van der Waals surface area contributed by atoms with Crippen molar-refractivity contribution in [3.05, 3.63) is 24.3 Å². The van der Waals surface area contributed by atoms with Gasteiger partial charge >= 0.3 is 0 Å². The van der Waals surface area contributed by atoms with Crippen molar-refractivity contribution in [2.24, 2.45) is 0 Å². The lowest BCUT2D eigenvalue weighted by atomic mass is 10.2. The zero-order valence-electron chi connectivity index (χ0n) is 14.0. The van der Waals surface area contributed by atoms with Gasteiger partial charge in [-0.05, 0) is 58.9 Å². The average Bonchev–Trinajstić information content (AvgIpc) is 2.37. The number of ether oxygens (including phenoxy) is 1. The Bertz CT molecular complexity index is 598. The van der Waals surface area contributed by atoms with E-state index in [0.717, 1.165) is 6.26 Å². The molecule has 124 valence electrons. The molecule has 1 amide bonds. The summed E-state index contributed by atoms with van der Waals surface area (Å²) in [5, 5.41) is 0. The summed E-state index contributed by atoms with van der Waals surface area (Å²) >= 11 is 0. The number of hydrogen-bond acceptors (Lipinski definition) is 4. The van der Waals surface area contributed by atoms with Crippen LogP contribution in [-0.2, 0) is 14.6 Å². The Morgan fingerprint density at radius 1 is 1.00 bits per heavy atom. The van der Waals surface area contributed by atoms with E-state index in [1.807, 2.05) is 27.7 Å². The van der Waals surface area contributed by atoms with E-state index in [1.165, 1.54) is 12.1 Å². The molecule has 0 saturated carbocycles. The van der Waals surface area contributed by atoms with Crippen LogP contribution in [0.4, 0.5) is 0 Å². The van der Waals surface area contributed by atoms with Gasteiger partial charge in [-0.1, -0.05) is 0 Å². The SMILES string of the molecule is CC(Oc1ccc(S(C)(=O)=O)cc1)C(=O)N(C(C)C)C(C)C. The molecule has 22 heavy (non-hydrogen) atoms. The third kappa shape index (κ3) is 4.73. The molecule has 5 nitrogen and oxygen atoms in total. The maximum atomic E-state index is 12.5. The van der Waals surface area contributed by atoms with E-state index >= 15 is 0 Å². The molecule has 0 fully saturated rings. The van der Waals surface area contributed by atoms with Crippen molar-refractivity contribution in [1.29, 1.82) is 0 Å². The predicted molar refractivity (Wildman–Crippen MR) is 86.8 cm³/mol. The van der Waals surface area contributed by atoms with Crippen LogP contribution in [-0.4, -0.2) is 43.7 Å². The van der Waals surface area contributed by atoms with E-state index in [1.54, 1.807) is 24.0 Å². The lowest BCUT2D eigenvalue weighted by molar-refractivity contribution is -0.141. The zero-order chi connectivity index (χ0) is 17.1. The highest BCUT2D eigenvalue weighted by Gasteiger charge is 2.26. The van der Waals surface area contributed by atoms with Gasteiger partial charge in [0.2, 0.25) is 0 Å². The van der Waals surface area contributed by atoms with Crippen molar-refractivity contribution in [3.8, 4) is 5.75 Å². The Balaban J connectivity index is 2.84. The molecule has 0 radical (unpaired) electrons. The van der Waals surface area contributed by atoms with Crippen LogP contribution in [0.25, 0.3) is 0 Å². The van der Waals surface area contributed by atoms with Crippen molar-refractivity contribution < 1.29 is 17.9 Å². The number of nitrogens with zero attached hydrogens (tertiary/aromatic N) is 1. The number of hydrogen-bond donors (Lipinski definition) is 0. The standard InChI is InChI=1S/C16H25NO4S/c1-11(2)17(12(3)4)16(18)13(5)21-14-7-9-15(10-8-14)22(6,19)20/h7-13H,1-6H3. The quantitative estimate of drug-likeness (QED) is 0.805.